The molecule has 2 aliphatic rings. The number of ether oxygens (including phenoxy) is 1. The molecule has 0 bridgehead atoms. The smallest absolute Gasteiger partial charge is 0.321 e. The van der Waals surface area contributed by atoms with Crippen molar-refractivity contribution in [1.82, 2.24) is 4.90 Å². The van der Waals surface area contributed by atoms with Crippen LogP contribution in [0, 0.1) is 11.3 Å². The second kappa shape index (κ2) is 4.63. The molecule has 5 heteroatoms. The largest absolute Gasteiger partial charge is 0.468 e. The van der Waals surface area contributed by atoms with E-state index in [2.05, 4.69) is 4.74 Å². The Morgan fingerprint density at radius 3 is 2.35 bits per heavy atom. The van der Waals surface area contributed by atoms with Gasteiger partial charge in [0.05, 0.1) is 13.8 Å². The van der Waals surface area contributed by atoms with Crippen molar-refractivity contribution >= 4 is 11.9 Å². The lowest BCUT2D eigenvalue weighted by molar-refractivity contribution is -0.156. The second-order valence-corrected chi connectivity index (χ2v) is 4.96. The van der Waals surface area contributed by atoms with E-state index in [4.69, 9.17) is 0 Å². The van der Waals surface area contributed by atoms with Crippen LogP contribution in [0.15, 0.2) is 0 Å². The van der Waals surface area contributed by atoms with Crippen molar-refractivity contribution in [3.8, 4) is 0 Å². The van der Waals surface area contributed by atoms with E-state index in [9.17, 15) is 14.0 Å². The van der Waals surface area contributed by atoms with E-state index >= 15 is 0 Å². The molecule has 0 spiro atoms. The number of carbonyl (C=O) groups excluding carboxylic acids is 2. The summed E-state index contributed by atoms with van der Waals surface area (Å²) in [6.45, 7) is 0.808. The summed E-state index contributed by atoms with van der Waals surface area (Å²) in [6, 6.07) is 0. The van der Waals surface area contributed by atoms with Crippen molar-refractivity contribution in [3.05, 3.63) is 0 Å². The van der Waals surface area contributed by atoms with Gasteiger partial charge in [-0.25, -0.2) is 0 Å². The Balaban J connectivity index is 1.95. The van der Waals surface area contributed by atoms with Crippen LogP contribution in [0.5, 0.6) is 0 Å². The van der Waals surface area contributed by atoms with Crippen LogP contribution in [0.2, 0.25) is 0 Å². The van der Waals surface area contributed by atoms with E-state index in [0.717, 1.165) is 0 Å². The van der Waals surface area contributed by atoms with Crippen LogP contribution in [0.3, 0.4) is 0 Å². The van der Waals surface area contributed by atoms with E-state index in [1.807, 2.05) is 0 Å². The SMILES string of the molecule is COC(=O)C1(C(=O)N2CCC(CF)CC2)CC1. The third kappa shape index (κ3) is 2.15. The zero-order valence-electron chi connectivity index (χ0n) is 10.1. The molecule has 1 saturated heterocycles. The highest BCUT2D eigenvalue weighted by Crippen LogP contribution is 2.48. The van der Waals surface area contributed by atoms with Crippen molar-refractivity contribution < 1.29 is 18.7 Å². The maximum Gasteiger partial charge on any atom is 0.321 e. The number of nitrogens with zero attached hydrogens (tertiary/aromatic N) is 1. The van der Waals surface area contributed by atoms with Gasteiger partial charge in [-0.2, -0.15) is 0 Å². The lowest BCUT2D eigenvalue weighted by Gasteiger charge is -2.32. The summed E-state index contributed by atoms with van der Waals surface area (Å²) in [5, 5.41) is 0. The molecule has 96 valence electrons. The predicted octanol–water partition coefficient (Wildman–Crippen LogP) is 1.15. The van der Waals surface area contributed by atoms with Crippen molar-refractivity contribution in [2.75, 3.05) is 26.9 Å². The molecule has 0 atom stereocenters. The number of piperidine rings is 1. The van der Waals surface area contributed by atoms with E-state index in [-0.39, 0.29) is 18.5 Å². The van der Waals surface area contributed by atoms with E-state index in [0.29, 0.717) is 38.8 Å². The third-order valence-corrected chi connectivity index (χ3v) is 3.86. The molecule has 0 radical (unpaired) electrons. The minimum absolute atomic E-state index is 0.0762. The molecule has 1 saturated carbocycles. The zero-order chi connectivity index (χ0) is 12.5. The monoisotopic (exact) mass is 243 g/mol. The van der Waals surface area contributed by atoms with Crippen molar-refractivity contribution in [3.63, 3.8) is 0 Å². The average molecular weight is 243 g/mol. The molecular formula is C12H18FNO3. The van der Waals surface area contributed by atoms with Crippen LogP contribution in [0.25, 0.3) is 0 Å². The van der Waals surface area contributed by atoms with Crippen LogP contribution in [0.1, 0.15) is 25.7 Å². The summed E-state index contributed by atoms with van der Waals surface area (Å²) in [4.78, 5) is 25.5. The molecule has 17 heavy (non-hydrogen) atoms. The lowest BCUT2D eigenvalue weighted by Crippen LogP contribution is -2.45. The number of likely N-dealkylation sites (tertiary alicyclic amines) is 1. The fourth-order valence-electron chi connectivity index (χ4n) is 2.42. The molecule has 1 heterocycles. The number of methoxy groups -OCH3 is 1. The Bertz CT molecular complexity index is 320. The Morgan fingerprint density at radius 2 is 1.94 bits per heavy atom. The van der Waals surface area contributed by atoms with Gasteiger partial charge in [-0.1, -0.05) is 0 Å². The van der Waals surface area contributed by atoms with Crippen molar-refractivity contribution in [2.45, 2.75) is 25.7 Å². The van der Waals surface area contributed by atoms with Crippen LogP contribution < -0.4 is 0 Å². The highest BCUT2D eigenvalue weighted by atomic mass is 19.1. The molecule has 0 N–H and O–H groups in total. The fraction of sp³-hybridized carbons (Fsp3) is 0.833. The number of esters is 1. The third-order valence-electron chi connectivity index (χ3n) is 3.86. The van der Waals surface area contributed by atoms with Gasteiger partial charge in [0, 0.05) is 13.1 Å². The van der Waals surface area contributed by atoms with E-state index in [1.165, 1.54) is 7.11 Å². The van der Waals surface area contributed by atoms with Crippen LogP contribution in [0.4, 0.5) is 4.39 Å². The molecule has 0 unspecified atom stereocenters. The maximum absolute atomic E-state index is 12.5. The van der Waals surface area contributed by atoms with Crippen LogP contribution in [-0.2, 0) is 14.3 Å². The summed E-state index contributed by atoms with van der Waals surface area (Å²) < 4.78 is 17.1. The summed E-state index contributed by atoms with van der Waals surface area (Å²) in [5.41, 5.74) is -0.905. The van der Waals surface area contributed by atoms with Gasteiger partial charge >= 0.3 is 5.97 Å². The maximum atomic E-state index is 12.5. The van der Waals surface area contributed by atoms with E-state index in [1.54, 1.807) is 4.90 Å². The van der Waals surface area contributed by atoms with Gasteiger partial charge < -0.3 is 9.64 Å². The quantitative estimate of drug-likeness (QED) is 0.552. The van der Waals surface area contributed by atoms with Crippen molar-refractivity contribution in [1.29, 1.82) is 0 Å². The fourth-order valence-corrected chi connectivity index (χ4v) is 2.42. The van der Waals surface area contributed by atoms with Gasteiger partial charge in [0.2, 0.25) is 5.91 Å². The number of rotatable bonds is 3. The van der Waals surface area contributed by atoms with Gasteiger partial charge in [-0.15, -0.1) is 0 Å². The lowest BCUT2D eigenvalue weighted by atomic mass is 9.96. The molecule has 1 amide bonds. The number of hydrogen-bond acceptors (Lipinski definition) is 3. The summed E-state index contributed by atoms with van der Waals surface area (Å²) >= 11 is 0. The first-order chi connectivity index (χ1) is 8.14. The molecule has 0 aromatic rings. The number of amides is 1. The Labute approximate surface area is 100 Å². The normalized spacial score (nSPS) is 23.3. The standard InChI is InChI=1S/C12H18FNO3/c1-17-11(16)12(4-5-12)10(15)14-6-2-9(8-13)3-7-14/h9H,2-8H2,1H3. The minimum Gasteiger partial charge on any atom is -0.468 e. The van der Waals surface area contributed by atoms with E-state index < -0.39 is 11.4 Å². The van der Waals surface area contributed by atoms with Gasteiger partial charge in [0.15, 0.2) is 0 Å². The summed E-state index contributed by atoms with van der Waals surface area (Å²) in [6.07, 6.45) is 2.56. The first kappa shape index (κ1) is 12.3. The number of carbonyl (C=O) groups is 2. The molecule has 2 fully saturated rings. The Morgan fingerprint density at radius 1 is 1.35 bits per heavy atom. The second-order valence-electron chi connectivity index (χ2n) is 4.96. The average Bonchev–Trinajstić information content (AvgIpc) is 3.18. The van der Waals surface area contributed by atoms with Gasteiger partial charge in [-0.3, -0.25) is 14.0 Å². The topological polar surface area (TPSA) is 46.6 Å². The predicted molar refractivity (Wildman–Crippen MR) is 59.0 cm³/mol. The van der Waals surface area contributed by atoms with Crippen LogP contribution >= 0.6 is 0 Å². The van der Waals surface area contributed by atoms with Crippen LogP contribution in [-0.4, -0.2) is 43.7 Å². The Hall–Kier alpha value is -1.13. The summed E-state index contributed by atoms with van der Waals surface area (Å²) in [7, 11) is 1.31. The molecule has 2 rings (SSSR count). The highest BCUT2D eigenvalue weighted by Gasteiger charge is 2.59. The summed E-state index contributed by atoms with van der Waals surface area (Å²) in [5.74, 6) is -0.468. The number of hydrogen-bond donors (Lipinski definition) is 0. The van der Waals surface area contributed by atoms with Crippen molar-refractivity contribution in [2.24, 2.45) is 11.3 Å². The zero-order valence-corrected chi connectivity index (χ0v) is 10.1. The molecule has 1 aliphatic heterocycles. The molecular weight excluding hydrogens is 225 g/mol. The highest BCUT2D eigenvalue weighted by molar-refractivity contribution is 6.05. The first-order valence-corrected chi connectivity index (χ1v) is 6.08. The van der Waals surface area contributed by atoms with Gasteiger partial charge in [-0.05, 0) is 31.6 Å². The van der Waals surface area contributed by atoms with Gasteiger partial charge in [0.1, 0.15) is 5.41 Å². The Kier molecular flexibility index (Phi) is 3.35. The minimum atomic E-state index is -0.905. The first-order valence-electron chi connectivity index (χ1n) is 6.08. The number of alkyl halides is 1. The molecule has 0 aromatic carbocycles. The van der Waals surface area contributed by atoms with Gasteiger partial charge in [0.25, 0.3) is 0 Å². The number of halogens is 1. The molecule has 1 aliphatic carbocycles. The molecule has 4 nitrogen and oxygen atoms in total. The molecule has 0 aromatic heterocycles.